The first-order valence-electron chi connectivity index (χ1n) is 0.365. The third-order valence-corrected chi connectivity index (χ3v) is 0. The van der Waals surface area contributed by atoms with Crippen molar-refractivity contribution in [3.8, 4) is 0 Å². The molecule has 0 heterocycles. The van der Waals surface area contributed by atoms with Gasteiger partial charge in [-0.3, -0.25) is 0 Å². The van der Waals surface area contributed by atoms with E-state index < -0.39 is 0 Å². The molecule has 6 N–H and O–H groups in total. The molecule has 0 unspecified atom stereocenters. The largest absolute Gasteiger partial charge is 2.00 e. The summed E-state index contributed by atoms with van der Waals surface area (Å²) in [6.45, 7) is 0. The smallest absolute Gasteiger partial charge is 0.444 e. The average Bonchev–Trinajstić information content (AvgIpc) is 0.918. The van der Waals surface area contributed by atoms with Crippen molar-refractivity contribution >= 4 is 0 Å². The fourth-order valence-corrected chi connectivity index (χ4v) is 0. The summed E-state index contributed by atoms with van der Waals surface area (Å²) in [6, 6.07) is 0. The third kappa shape index (κ3) is 2080. The zero-order chi connectivity index (χ0) is 2.71. The Morgan fingerprint density at radius 3 is 1.14 bits per heavy atom. The minimum Gasteiger partial charge on any atom is -0.444 e. The summed E-state index contributed by atoms with van der Waals surface area (Å²) < 4.78 is 0. The molecule has 0 saturated carbocycles. The van der Waals surface area contributed by atoms with Crippen LogP contribution in [0.3, 0.4) is 0 Å². The van der Waals surface area contributed by atoms with Gasteiger partial charge in [-0.15, -0.1) is 5.34 Å². The van der Waals surface area contributed by atoms with Crippen LogP contribution in [0.4, 0.5) is 0 Å². The van der Waals surface area contributed by atoms with Gasteiger partial charge in [-0.2, -0.15) is 0 Å². The molecule has 6 nitrogen and oxygen atoms in total. The zero-order valence-electron chi connectivity index (χ0n) is 3.07. The van der Waals surface area contributed by atoms with Crippen LogP contribution in [0.1, 0.15) is 0 Å². The number of hydrogen-bond acceptors (Lipinski definition) is 3. The summed E-state index contributed by atoms with van der Waals surface area (Å²) in [6.07, 6.45) is 0. The van der Waals surface area contributed by atoms with Crippen LogP contribution in [0.25, 0.3) is 0 Å². The van der Waals surface area contributed by atoms with Crippen molar-refractivity contribution < 1.29 is 33.5 Å². The van der Waals surface area contributed by atoms with E-state index in [1.54, 1.807) is 0 Å². The predicted octanol–water partition coefficient (Wildman–Crippen LogP) is -2.23. The molecule has 0 bridgehead atoms. The molecule has 0 aromatic carbocycles. The molecule has 0 amide bonds. The van der Waals surface area contributed by atoms with Crippen LogP contribution in [-0.4, -0.2) is 16.4 Å². The quantitative estimate of drug-likeness (QED) is 0.226. The first-order valence-corrected chi connectivity index (χ1v) is 0.365. The topological polar surface area (TPSA) is 147 Å². The monoisotopic (exact) mass is 163 g/mol. The molecule has 0 aliphatic rings. The van der Waals surface area contributed by atoms with Gasteiger partial charge in [0.15, 0.2) is 0 Å². The minimum atomic E-state index is 0. The zero-order valence-corrected chi connectivity index (χ0v) is 4.01. The van der Waals surface area contributed by atoms with E-state index in [4.69, 9.17) is 10.1 Å². The van der Waals surface area contributed by atoms with Gasteiger partial charge < -0.3 is 26.5 Å². The second-order valence-corrected chi connectivity index (χ2v) is 0.0745. The maximum Gasteiger partial charge on any atom is 2.00 e. The van der Waals surface area contributed by atoms with Crippen LogP contribution in [0.2, 0.25) is 0 Å². The van der Waals surface area contributed by atoms with E-state index in [2.05, 4.69) is 0 Å². The second-order valence-electron chi connectivity index (χ2n) is 0.0745. The van der Waals surface area contributed by atoms with Crippen LogP contribution in [0, 0.1) is 10.1 Å². The first kappa shape index (κ1) is 70.6. The normalized spacial score (nSPS) is 1.71. The molecule has 0 fully saturated rings. The minimum absolute atomic E-state index is 0. The van der Waals surface area contributed by atoms with Crippen molar-refractivity contribution in [1.29, 1.82) is 0 Å². The summed E-state index contributed by atoms with van der Waals surface area (Å²) in [5.74, 6) is 0. The van der Waals surface area contributed by atoms with E-state index in [9.17, 15) is 0 Å². The summed E-state index contributed by atoms with van der Waals surface area (Å²) in [4.78, 5) is 8.00. The van der Waals surface area contributed by atoms with E-state index in [0.717, 1.165) is 5.34 Å². The third-order valence-electron chi connectivity index (χ3n) is 0. The Balaban J connectivity index is -0.00000000333. The fourth-order valence-electron chi connectivity index (χ4n) is 0. The molecule has 0 aromatic heterocycles. The molecule has 0 saturated heterocycles. The number of rotatable bonds is 0. The van der Waals surface area contributed by atoms with E-state index in [-0.39, 0.29) is 33.5 Å². The predicted molar refractivity (Wildman–Crippen MR) is 20.0 cm³/mol. The van der Waals surface area contributed by atoms with Crippen molar-refractivity contribution in [3.05, 3.63) is 10.1 Å². The van der Waals surface area contributed by atoms with Gasteiger partial charge in [0, 0.05) is 0 Å². The molecule has 1 radical (unpaired) electrons. The maximum atomic E-state index is 8.00. The Labute approximate surface area is 49.9 Å². The van der Waals surface area contributed by atoms with E-state index in [1.165, 1.54) is 0 Å². The molecular formula is H6CuNO5+. The standard InChI is InChI=1S/Cu.HNO2.3H2O/c;2-1-3;;;/h;(H,2,3);3*1H2/q+2;;;;/p-1. The molecule has 0 aromatic rings. The van der Waals surface area contributed by atoms with Crippen LogP contribution in [0.15, 0.2) is 5.34 Å². The van der Waals surface area contributed by atoms with Gasteiger partial charge in [0.25, 0.3) is 0 Å². The Bertz CT molecular complexity index is 15.6. The van der Waals surface area contributed by atoms with Gasteiger partial charge in [0.05, 0.1) is 0 Å². The molecule has 0 aliphatic heterocycles. The van der Waals surface area contributed by atoms with Gasteiger partial charge in [0.1, 0.15) is 0 Å². The molecule has 0 rings (SSSR count). The summed E-state index contributed by atoms with van der Waals surface area (Å²) in [5, 5.41) is 9.00. The van der Waals surface area contributed by atoms with Crippen LogP contribution in [-0.2, 0) is 17.1 Å². The van der Waals surface area contributed by atoms with E-state index >= 15 is 0 Å². The van der Waals surface area contributed by atoms with Crippen LogP contribution < -0.4 is 0 Å². The van der Waals surface area contributed by atoms with Crippen LogP contribution in [0.5, 0.6) is 0 Å². The summed E-state index contributed by atoms with van der Waals surface area (Å²) in [7, 11) is 0. The Morgan fingerprint density at radius 2 is 1.14 bits per heavy atom. The molecule has 51 valence electrons. The van der Waals surface area contributed by atoms with E-state index in [0.29, 0.717) is 0 Å². The van der Waals surface area contributed by atoms with Crippen molar-refractivity contribution in [3.63, 3.8) is 0 Å². The molecule has 0 atom stereocenters. The van der Waals surface area contributed by atoms with Crippen molar-refractivity contribution in [2.75, 3.05) is 0 Å². The van der Waals surface area contributed by atoms with Gasteiger partial charge in [-0.25, -0.2) is 0 Å². The summed E-state index contributed by atoms with van der Waals surface area (Å²) in [5.41, 5.74) is 0. The molecule has 0 spiro atoms. The fraction of sp³-hybridized carbons (Fsp3) is 0. The molecule has 7 heavy (non-hydrogen) atoms. The Morgan fingerprint density at radius 1 is 1.14 bits per heavy atom. The van der Waals surface area contributed by atoms with Crippen LogP contribution >= 0.6 is 0 Å². The second kappa shape index (κ2) is 209. The molecule has 0 aliphatic carbocycles. The van der Waals surface area contributed by atoms with E-state index in [1.807, 2.05) is 0 Å². The van der Waals surface area contributed by atoms with Gasteiger partial charge in [-0.1, -0.05) is 0 Å². The average molecular weight is 164 g/mol. The van der Waals surface area contributed by atoms with Crippen molar-refractivity contribution in [2.45, 2.75) is 0 Å². The van der Waals surface area contributed by atoms with Crippen molar-refractivity contribution in [2.24, 2.45) is 5.34 Å². The Hall–Kier alpha value is -0.201. The van der Waals surface area contributed by atoms with Gasteiger partial charge in [-0.05, 0) is 0 Å². The summed E-state index contributed by atoms with van der Waals surface area (Å²) >= 11 is 0. The first-order chi connectivity index (χ1) is 1.41. The Kier molecular flexibility index (Phi) is 2110. The molecule has 7 heteroatoms. The molecular weight excluding hydrogens is 158 g/mol. The van der Waals surface area contributed by atoms with Crippen molar-refractivity contribution in [1.82, 2.24) is 0 Å². The number of hydrogen-bond donors (Lipinski definition) is 0. The maximum absolute atomic E-state index is 8.00. The van der Waals surface area contributed by atoms with Gasteiger partial charge >= 0.3 is 17.1 Å². The SMILES string of the molecule is O.O.O.O=N[O-].[Cu+2]. The number of nitrogens with zero attached hydrogens (tertiary/aromatic N) is 1. The van der Waals surface area contributed by atoms with Gasteiger partial charge in [0.2, 0.25) is 0 Å².